The Bertz CT molecular complexity index is 442. The van der Waals surface area contributed by atoms with Crippen LogP contribution in [0.4, 0.5) is 5.69 Å². The zero-order valence-electron chi connectivity index (χ0n) is 9.94. The third-order valence-corrected chi connectivity index (χ3v) is 2.77. The van der Waals surface area contributed by atoms with E-state index in [0.29, 0.717) is 5.69 Å². The van der Waals surface area contributed by atoms with E-state index in [4.69, 9.17) is 10.8 Å². The first-order valence-corrected chi connectivity index (χ1v) is 6.23. The lowest BCUT2D eigenvalue weighted by molar-refractivity contribution is -0.137. The number of amides is 1. The van der Waals surface area contributed by atoms with Crippen LogP contribution in [-0.4, -0.2) is 23.0 Å². The molecule has 1 unspecified atom stereocenters. The van der Waals surface area contributed by atoms with Crippen LogP contribution < -0.4 is 11.1 Å². The molecule has 0 saturated carbocycles. The molecule has 0 radical (unpaired) electrons. The van der Waals surface area contributed by atoms with Crippen LogP contribution in [0.2, 0.25) is 0 Å². The SMILES string of the molecule is Cc1cc(Br)cc(NC(=O)C(N)CCC(=O)O)c1. The third-order valence-electron chi connectivity index (χ3n) is 2.32. The van der Waals surface area contributed by atoms with Crippen LogP contribution in [0.15, 0.2) is 22.7 Å². The van der Waals surface area contributed by atoms with Gasteiger partial charge in [-0.05, 0) is 37.1 Å². The highest BCUT2D eigenvalue weighted by Gasteiger charge is 2.15. The fraction of sp³-hybridized carbons (Fsp3) is 0.333. The molecule has 98 valence electrons. The number of rotatable bonds is 5. The highest BCUT2D eigenvalue weighted by Crippen LogP contribution is 2.19. The molecule has 0 aromatic heterocycles. The van der Waals surface area contributed by atoms with Gasteiger partial charge in [-0.3, -0.25) is 9.59 Å². The number of carbonyl (C=O) groups is 2. The van der Waals surface area contributed by atoms with E-state index in [-0.39, 0.29) is 18.7 Å². The van der Waals surface area contributed by atoms with E-state index in [0.717, 1.165) is 10.0 Å². The average molecular weight is 315 g/mol. The summed E-state index contributed by atoms with van der Waals surface area (Å²) in [7, 11) is 0. The molecule has 0 aliphatic heterocycles. The Morgan fingerprint density at radius 1 is 1.44 bits per heavy atom. The van der Waals surface area contributed by atoms with Gasteiger partial charge in [0.1, 0.15) is 0 Å². The van der Waals surface area contributed by atoms with Gasteiger partial charge in [0.05, 0.1) is 6.04 Å². The Hall–Kier alpha value is -1.40. The molecule has 0 fully saturated rings. The van der Waals surface area contributed by atoms with E-state index in [9.17, 15) is 9.59 Å². The topological polar surface area (TPSA) is 92.4 Å². The normalized spacial score (nSPS) is 11.9. The predicted molar refractivity (Wildman–Crippen MR) is 72.4 cm³/mol. The molecule has 0 saturated heterocycles. The molecule has 0 aliphatic carbocycles. The van der Waals surface area contributed by atoms with Gasteiger partial charge in [-0.2, -0.15) is 0 Å². The van der Waals surface area contributed by atoms with Crippen LogP contribution in [0, 0.1) is 6.92 Å². The van der Waals surface area contributed by atoms with Gasteiger partial charge in [0.2, 0.25) is 5.91 Å². The first-order chi connectivity index (χ1) is 8.38. The van der Waals surface area contributed by atoms with Gasteiger partial charge in [0.25, 0.3) is 0 Å². The van der Waals surface area contributed by atoms with Crippen molar-refractivity contribution in [2.75, 3.05) is 5.32 Å². The Balaban J connectivity index is 2.60. The van der Waals surface area contributed by atoms with Crippen LogP contribution in [0.1, 0.15) is 18.4 Å². The number of benzene rings is 1. The van der Waals surface area contributed by atoms with Gasteiger partial charge in [0, 0.05) is 16.6 Å². The number of nitrogens with two attached hydrogens (primary N) is 1. The van der Waals surface area contributed by atoms with Crippen LogP contribution in [0.5, 0.6) is 0 Å². The summed E-state index contributed by atoms with van der Waals surface area (Å²) in [6.45, 7) is 1.91. The summed E-state index contributed by atoms with van der Waals surface area (Å²) in [6, 6.07) is 4.67. The van der Waals surface area contributed by atoms with Gasteiger partial charge in [0.15, 0.2) is 0 Å². The summed E-state index contributed by atoms with van der Waals surface area (Å²) in [5, 5.41) is 11.2. The van der Waals surface area contributed by atoms with Crippen molar-refractivity contribution in [2.24, 2.45) is 5.73 Å². The maximum Gasteiger partial charge on any atom is 0.303 e. The highest BCUT2D eigenvalue weighted by atomic mass is 79.9. The summed E-state index contributed by atoms with van der Waals surface area (Å²) in [5.74, 6) is -1.34. The molecule has 0 spiro atoms. The van der Waals surface area contributed by atoms with Crippen molar-refractivity contribution >= 4 is 33.5 Å². The fourth-order valence-electron chi connectivity index (χ4n) is 1.45. The smallest absolute Gasteiger partial charge is 0.303 e. The second kappa shape index (κ2) is 6.51. The standard InChI is InChI=1S/C12H15BrN2O3/c1-7-4-8(13)6-9(5-7)15-12(18)10(14)2-3-11(16)17/h4-6,10H,2-3,14H2,1H3,(H,15,18)(H,16,17). The zero-order chi connectivity index (χ0) is 13.7. The number of hydrogen-bond acceptors (Lipinski definition) is 3. The monoisotopic (exact) mass is 314 g/mol. The summed E-state index contributed by atoms with van der Waals surface area (Å²) >= 11 is 3.33. The van der Waals surface area contributed by atoms with Crippen molar-refractivity contribution < 1.29 is 14.7 Å². The molecule has 6 heteroatoms. The van der Waals surface area contributed by atoms with Gasteiger partial charge in [-0.1, -0.05) is 15.9 Å². The quantitative estimate of drug-likeness (QED) is 0.773. The average Bonchev–Trinajstić information content (AvgIpc) is 2.24. The van der Waals surface area contributed by atoms with Crippen molar-refractivity contribution in [1.82, 2.24) is 0 Å². The molecule has 18 heavy (non-hydrogen) atoms. The van der Waals surface area contributed by atoms with E-state index in [1.807, 2.05) is 19.1 Å². The molecule has 5 nitrogen and oxygen atoms in total. The minimum Gasteiger partial charge on any atom is -0.481 e. The van der Waals surface area contributed by atoms with Crippen molar-refractivity contribution in [3.8, 4) is 0 Å². The van der Waals surface area contributed by atoms with Crippen LogP contribution in [0.25, 0.3) is 0 Å². The number of carboxylic acid groups (broad SMARTS) is 1. The molecule has 1 amide bonds. The summed E-state index contributed by atoms with van der Waals surface area (Å²) in [6.07, 6.45) is 0.000249. The Labute approximate surface area is 113 Å². The van der Waals surface area contributed by atoms with Gasteiger partial charge in [-0.25, -0.2) is 0 Å². The lowest BCUT2D eigenvalue weighted by Crippen LogP contribution is -2.36. The van der Waals surface area contributed by atoms with E-state index in [1.54, 1.807) is 6.07 Å². The number of nitrogens with one attached hydrogen (secondary N) is 1. The lowest BCUT2D eigenvalue weighted by atomic mass is 10.1. The number of aryl methyl sites for hydroxylation is 1. The maximum atomic E-state index is 11.7. The van der Waals surface area contributed by atoms with E-state index in [1.165, 1.54) is 0 Å². The second-order valence-corrected chi connectivity index (χ2v) is 4.96. The first-order valence-electron chi connectivity index (χ1n) is 5.44. The fourth-order valence-corrected chi connectivity index (χ4v) is 2.06. The third kappa shape index (κ3) is 4.85. The largest absolute Gasteiger partial charge is 0.481 e. The molecule has 0 aliphatic rings. The maximum absolute atomic E-state index is 11.7. The first kappa shape index (κ1) is 14.7. The van der Waals surface area contributed by atoms with E-state index < -0.39 is 12.0 Å². The Morgan fingerprint density at radius 2 is 2.11 bits per heavy atom. The lowest BCUT2D eigenvalue weighted by Gasteiger charge is -2.12. The molecule has 1 atom stereocenters. The van der Waals surface area contributed by atoms with E-state index >= 15 is 0 Å². The molecule has 0 heterocycles. The number of halogens is 1. The molecule has 1 aromatic carbocycles. The summed E-state index contributed by atoms with van der Waals surface area (Å²) in [4.78, 5) is 22.1. The Morgan fingerprint density at radius 3 is 2.67 bits per heavy atom. The van der Waals surface area contributed by atoms with Gasteiger partial charge in [-0.15, -0.1) is 0 Å². The van der Waals surface area contributed by atoms with Crippen molar-refractivity contribution in [3.05, 3.63) is 28.2 Å². The Kier molecular flexibility index (Phi) is 5.30. The molecular formula is C12H15BrN2O3. The van der Waals surface area contributed by atoms with Crippen molar-refractivity contribution in [1.29, 1.82) is 0 Å². The van der Waals surface area contributed by atoms with Crippen molar-refractivity contribution in [2.45, 2.75) is 25.8 Å². The second-order valence-electron chi connectivity index (χ2n) is 4.05. The van der Waals surface area contributed by atoms with E-state index in [2.05, 4.69) is 21.2 Å². The summed E-state index contributed by atoms with van der Waals surface area (Å²) < 4.78 is 0.858. The molecule has 1 rings (SSSR count). The van der Waals surface area contributed by atoms with Crippen molar-refractivity contribution in [3.63, 3.8) is 0 Å². The minimum absolute atomic E-state index is 0.119. The summed E-state index contributed by atoms with van der Waals surface area (Å²) in [5.41, 5.74) is 7.24. The number of anilines is 1. The van der Waals surface area contributed by atoms with Crippen LogP contribution in [0.3, 0.4) is 0 Å². The zero-order valence-corrected chi connectivity index (χ0v) is 11.5. The van der Waals surface area contributed by atoms with Crippen LogP contribution in [-0.2, 0) is 9.59 Å². The van der Waals surface area contributed by atoms with Gasteiger partial charge < -0.3 is 16.2 Å². The van der Waals surface area contributed by atoms with Crippen LogP contribution >= 0.6 is 15.9 Å². The highest BCUT2D eigenvalue weighted by molar-refractivity contribution is 9.10. The van der Waals surface area contributed by atoms with Gasteiger partial charge >= 0.3 is 5.97 Å². The molecule has 1 aromatic rings. The minimum atomic E-state index is -0.962. The molecule has 4 N–H and O–H groups in total. The predicted octanol–water partition coefficient (Wildman–Crippen LogP) is 1.89. The number of carboxylic acids is 1. The molecule has 0 bridgehead atoms. The number of carbonyl (C=O) groups excluding carboxylic acids is 1. The number of hydrogen-bond donors (Lipinski definition) is 3. The molecular weight excluding hydrogens is 300 g/mol. The number of aliphatic carboxylic acids is 1.